The first-order chi connectivity index (χ1) is 14.1. The first-order valence-corrected chi connectivity index (χ1v) is 9.69. The number of aliphatic hydroxyl groups is 1. The molecular formula is C23H23NO5. The fourth-order valence-electron chi connectivity index (χ4n) is 3.96. The van der Waals surface area contributed by atoms with Gasteiger partial charge in [-0.2, -0.15) is 0 Å². The first kappa shape index (κ1) is 19.2. The summed E-state index contributed by atoms with van der Waals surface area (Å²) in [5.74, 6) is -0.781. The van der Waals surface area contributed by atoms with Crippen molar-refractivity contribution >= 4 is 17.4 Å². The Balaban J connectivity index is 1.80. The molecule has 2 fully saturated rings. The number of likely N-dealkylation sites (tertiary alicyclic amines) is 1. The average molecular weight is 393 g/mol. The third kappa shape index (κ3) is 3.63. The van der Waals surface area contributed by atoms with Gasteiger partial charge >= 0.3 is 0 Å². The maximum atomic E-state index is 12.9. The van der Waals surface area contributed by atoms with Gasteiger partial charge in [0.05, 0.1) is 24.8 Å². The highest BCUT2D eigenvalue weighted by Crippen LogP contribution is 2.40. The lowest BCUT2D eigenvalue weighted by Gasteiger charge is -2.27. The average Bonchev–Trinajstić information content (AvgIpc) is 3.36. The highest BCUT2D eigenvalue weighted by Gasteiger charge is 2.47. The Morgan fingerprint density at radius 1 is 1.14 bits per heavy atom. The van der Waals surface area contributed by atoms with E-state index in [4.69, 9.17) is 9.47 Å². The summed E-state index contributed by atoms with van der Waals surface area (Å²) in [6.07, 6.45) is 1.67. The smallest absolute Gasteiger partial charge is 0.295 e. The number of ketones is 1. The summed E-state index contributed by atoms with van der Waals surface area (Å²) in [6.45, 7) is 0.971. The second kappa shape index (κ2) is 8.09. The van der Waals surface area contributed by atoms with Crippen molar-refractivity contribution in [3.63, 3.8) is 0 Å². The van der Waals surface area contributed by atoms with Crippen LogP contribution in [0.1, 0.15) is 30.0 Å². The van der Waals surface area contributed by atoms with E-state index in [0.29, 0.717) is 24.5 Å². The van der Waals surface area contributed by atoms with E-state index in [-0.39, 0.29) is 17.4 Å². The normalized spacial score (nSPS) is 23.6. The Morgan fingerprint density at radius 2 is 1.86 bits per heavy atom. The fourth-order valence-corrected chi connectivity index (χ4v) is 3.96. The minimum Gasteiger partial charge on any atom is -0.507 e. The molecule has 2 aromatic carbocycles. The predicted octanol–water partition coefficient (Wildman–Crippen LogP) is 3.30. The maximum Gasteiger partial charge on any atom is 0.295 e. The lowest BCUT2D eigenvalue weighted by molar-refractivity contribution is -0.140. The third-order valence-corrected chi connectivity index (χ3v) is 5.44. The number of ether oxygens (including phenoxy) is 2. The number of methoxy groups -OCH3 is 1. The lowest BCUT2D eigenvalue weighted by atomic mass is 9.95. The zero-order valence-corrected chi connectivity index (χ0v) is 16.2. The molecule has 1 amide bonds. The SMILES string of the molecule is COc1ccc(C2C(=C(O)c3ccccc3)C(=O)C(=O)N2CC2CCCO2)cc1. The first-order valence-electron chi connectivity index (χ1n) is 9.69. The van der Waals surface area contributed by atoms with E-state index < -0.39 is 17.7 Å². The number of carbonyl (C=O) groups is 2. The molecule has 2 aliphatic heterocycles. The summed E-state index contributed by atoms with van der Waals surface area (Å²) < 4.78 is 10.9. The molecule has 150 valence electrons. The number of nitrogens with zero attached hydrogens (tertiary/aromatic N) is 1. The molecule has 29 heavy (non-hydrogen) atoms. The van der Waals surface area contributed by atoms with Gasteiger partial charge in [-0.3, -0.25) is 9.59 Å². The van der Waals surface area contributed by atoms with Crippen LogP contribution in [0, 0.1) is 0 Å². The van der Waals surface area contributed by atoms with Crippen molar-refractivity contribution in [2.75, 3.05) is 20.3 Å². The molecule has 0 aromatic heterocycles. The number of hydrogen-bond acceptors (Lipinski definition) is 5. The van der Waals surface area contributed by atoms with Crippen molar-refractivity contribution in [1.82, 2.24) is 4.90 Å². The Bertz CT molecular complexity index is 930. The summed E-state index contributed by atoms with van der Waals surface area (Å²) in [4.78, 5) is 27.4. The zero-order valence-electron chi connectivity index (χ0n) is 16.2. The van der Waals surface area contributed by atoms with Gasteiger partial charge in [-0.1, -0.05) is 42.5 Å². The van der Waals surface area contributed by atoms with Crippen LogP contribution in [-0.4, -0.2) is 48.1 Å². The van der Waals surface area contributed by atoms with Crippen LogP contribution in [0.4, 0.5) is 0 Å². The Morgan fingerprint density at radius 3 is 2.48 bits per heavy atom. The van der Waals surface area contributed by atoms with Gasteiger partial charge in [0.1, 0.15) is 11.5 Å². The van der Waals surface area contributed by atoms with Crippen LogP contribution in [0.15, 0.2) is 60.2 Å². The number of aliphatic hydroxyl groups excluding tert-OH is 1. The van der Waals surface area contributed by atoms with E-state index in [1.165, 1.54) is 4.90 Å². The molecule has 2 saturated heterocycles. The van der Waals surface area contributed by atoms with Crippen LogP contribution >= 0.6 is 0 Å². The van der Waals surface area contributed by atoms with E-state index in [9.17, 15) is 14.7 Å². The second-order valence-electron chi connectivity index (χ2n) is 7.23. The summed E-state index contributed by atoms with van der Waals surface area (Å²) in [5.41, 5.74) is 1.34. The summed E-state index contributed by atoms with van der Waals surface area (Å²) in [6, 6.07) is 15.3. The van der Waals surface area contributed by atoms with E-state index in [1.807, 2.05) is 18.2 Å². The van der Waals surface area contributed by atoms with Crippen molar-refractivity contribution in [3.8, 4) is 5.75 Å². The number of amides is 1. The molecule has 0 bridgehead atoms. The van der Waals surface area contributed by atoms with Crippen molar-refractivity contribution in [3.05, 3.63) is 71.3 Å². The van der Waals surface area contributed by atoms with Crippen LogP contribution in [0.5, 0.6) is 5.75 Å². The molecule has 2 aromatic rings. The molecule has 2 heterocycles. The molecule has 0 aliphatic carbocycles. The van der Waals surface area contributed by atoms with Crippen LogP contribution in [0.2, 0.25) is 0 Å². The largest absolute Gasteiger partial charge is 0.507 e. The minimum absolute atomic E-state index is 0.101. The Kier molecular flexibility index (Phi) is 5.36. The highest BCUT2D eigenvalue weighted by molar-refractivity contribution is 6.46. The predicted molar refractivity (Wildman–Crippen MR) is 107 cm³/mol. The number of benzene rings is 2. The van der Waals surface area contributed by atoms with Gasteiger partial charge in [0.25, 0.3) is 11.7 Å². The molecular weight excluding hydrogens is 370 g/mol. The topological polar surface area (TPSA) is 76.1 Å². The maximum absolute atomic E-state index is 12.9. The Labute approximate surface area is 169 Å². The highest BCUT2D eigenvalue weighted by atomic mass is 16.5. The summed E-state index contributed by atoms with van der Waals surface area (Å²) >= 11 is 0. The number of rotatable bonds is 5. The van der Waals surface area contributed by atoms with Crippen molar-refractivity contribution in [2.45, 2.75) is 25.0 Å². The molecule has 2 unspecified atom stereocenters. The van der Waals surface area contributed by atoms with Gasteiger partial charge < -0.3 is 19.5 Å². The molecule has 1 N–H and O–H groups in total. The van der Waals surface area contributed by atoms with Crippen LogP contribution in [-0.2, 0) is 14.3 Å². The quantitative estimate of drug-likeness (QED) is 0.479. The second-order valence-corrected chi connectivity index (χ2v) is 7.23. The van der Waals surface area contributed by atoms with Gasteiger partial charge in [0.2, 0.25) is 0 Å². The number of hydrogen-bond donors (Lipinski definition) is 1. The molecule has 6 heteroatoms. The van der Waals surface area contributed by atoms with Gasteiger partial charge in [-0.25, -0.2) is 0 Å². The van der Waals surface area contributed by atoms with Crippen LogP contribution in [0.3, 0.4) is 0 Å². The monoisotopic (exact) mass is 393 g/mol. The van der Waals surface area contributed by atoms with E-state index in [0.717, 1.165) is 18.4 Å². The summed E-state index contributed by atoms with van der Waals surface area (Å²) in [7, 11) is 1.58. The molecule has 2 atom stereocenters. The lowest BCUT2D eigenvalue weighted by Crippen LogP contribution is -2.36. The molecule has 0 radical (unpaired) electrons. The van der Waals surface area contributed by atoms with E-state index in [2.05, 4.69) is 0 Å². The zero-order chi connectivity index (χ0) is 20.4. The Hall–Kier alpha value is -3.12. The van der Waals surface area contributed by atoms with Gasteiger partial charge in [-0.05, 0) is 30.5 Å². The molecule has 2 aliphatic rings. The molecule has 0 saturated carbocycles. The van der Waals surface area contributed by atoms with Crippen molar-refractivity contribution in [1.29, 1.82) is 0 Å². The molecule has 0 spiro atoms. The van der Waals surface area contributed by atoms with E-state index >= 15 is 0 Å². The number of carbonyl (C=O) groups excluding carboxylic acids is 2. The third-order valence-electron chi connectivity index (χ3n) is 5.44. The standard InChI is InChI=1S/C23H23NO5/c1-28-17-11-9-15(10-12-17)20-19(21(25)16-6-3-2-4-7-16)22(26)23(27)24(20)14-18-8-5-13-29-18/h2-4,6-7,9-12,18,20,25H,5,8,13-14H2,1H3. The molecule has 4 rings (SSSR count). The minimum atomic E-state index is -0.676. The van der Waals surface area contributed by atoms with Crippen LogP contribution in [0.25, 0.3) is 5.76 Å². The van der Waals surface area contributed by atoms with Crippen molar-refractivity contribution < 1.29 is 24.2 Å². The van der Waals surface area contributed by atoms with Crippen molar-refractivity contribution in [2.24, 2.45) is 0 Å². The van der Waals surface area contributed by atoms with Gasteiger partial charge in [-0.15, -0.1) is 0 Å². The van der Waals surface area contributed by atoms with Crippen LogP contribution < -0.4 is 4.74 Å². The molecule has 6 nitrogen and oxygen atoms in total. The van der Waals surface area contributed by atoms with E-state index in [1.54, 1.807) is 43.5 Å². The fraction of sp³-hybridized carbons (Fsp3) is 0.304. The number of Topliss-reactive ketones (excluding diaryl/α,β-unsaturated/α-hetero) is 1. The van der Waals surface area contributed by atoms with Gasteiger partial charge in [0, 0.05) is 18.7 Å². The summed E-state index contributed by atoms with van der Waals surface area (Å²) in [5, 5.41) is 10.9. The van der Waals surface area contributed by atoms with Gasteiger partial charge in [0.15, 0.2) is 0 Å².